The summed E-state index contributed by atoms with van der Waals surface area (Å²) in [5, 5.41) is 5.93. The van der Waals surface area contributed by atoms with Gasteiger partial charge in [-0.15, -0.1) is 11.3 Å². The standard InChI is InChI=1S/C23H23F2N3OS/c24-19-10-4-8-17(20(19)25)14-28-12-5-9-18(15-28)21(23-26-11-13-30-23)27-22(29)16-6-2-1-3-7-16/h1-4,6-8,10-11,13,18,21H,5,9,12,14-15H2,(H,27,29)/t18-,21+/m1/s1. The largest absolute Gasteiger partial charge is 0.342 e. The summed E-state index contributed by atoms with van der Waals surface area (Å²) >= 11 is 1.52. The molecule has 0 radical (unpaired) electrons. The molecule has 1 aromatic heterocycles. The number of rotatable bonds is 6. The first kappa shape index (κ1) is 20.6. The molecule has 1 aliphatic rings. The van der Waals surface area contributed by atoms with Gasteiger partial charge in [0, 0.05) is 35.8 Å². The van der Waals surface area contributed by atoms with Crippen LogP contribution in [-0.2, 0) is 6.54 Å². The first-order valence-electron chi connectivity index (χ1n) is 10.0. The number of hydrogen-bond donors (Lipinski definition) is 1. The van der Waals surface area contributed by atoms with Crippen molar-refractivity contribution in [1.29, 1.82) is 0 Å². The van der Waals surface area contributed by atoms with E-state index in [9.17, 15) is 13.6 Å². The average molecular weight is 428 g/mol. The summed E-state index contributed by atoms with van der Waals surface area (Å²) in [5.74, 6) is -1.61. The molecule has 1 N–H and O–H groups in total. The normalized spacial score (nSPS) is 18.1. The molecule has 0 saturated carbocycles. The van der Waals surface area contributed by atoms with E-state index in [1.807, 2.05) is 23.6 Å². The van der Waals surface area contributed by atoms with Crippen molar-refractivity contribution in [2.24, 2.45) is 5.92 Å². The van der Waals surface area contributed by atoms with Crippen molar-refractivity contribution in [3.63, 3.8) is 0 Å². The van der Waals surface area contributed by atoms with E-state index in [0.29, 0.717) is 24.2 Å². The molecule has 0 spiro atoms. The van der Waals surface area contributed by atoms with Gasteiger partial charge in [-0.2, -0.15) is 0 Å². The van der Waals surface area contributed by atoms with E-state index in [4.69, 9.17) is 0 Å². The van der Waals surface area contributed by atoms with Crippen LogP contribution >= 0.6 is 11.3 Å². The van der Waals surface area contributed by atoms with Gasteiger partial charge in [0.1, 0.15) is 5.01 Å². The third-order valence-corrected chi connectivity index (χ3v) is 6.34. The number of nitrogens with zero attached hydrogens (tertiary/aromatic N) is 2. The van der Waals surface area contributed by atoms with Crippen molar-refractivity contribution in [3.8, 4) is 0 Å². The van der Waals surface area contributed by atoms with Crippen LogP contribution in [0.3, 0.4) is 0 Å². The number of hydrogen-bond acceptors (Lipinski definition) is 4. The SMILES string of the molecule is O=C(N[C@H](c1nccs1)[C@@H]1CCCN(Cc2cccc(F)c2F)C1)c1ccccc1. The van der Waals surface area contributed by atoms with Gasteiger partial charge in [0.2, 0.25) is 0 Å². The van der Waals surface area contributed by atoms with Gasteiger partial charge in [0.25, 0.3) is 5.91 Å². The molecule has 4 rings (SSSR count). The Morgan fingerprint density at radius 2 is 2.03 bits per heavy atom. The van der Waals surface area contributed by atoms with Crippen LogP contribution in [0.25, 0.3) is 0 Å². The van der Waals surface area contributed by atoms with Gasteiger partial charge < -0.3 is 5.32 Å². The van der Waals surface area contributed by atoms with Crippen LogP contribution in [-0.4, -0.2) is 28.9 Å². The third kappa shape index (κ3) is 4.74. The fourth-order valence-corrected chi connectivity index (χ4v) is 4.78. The maximum absolute atomic E-state index is 14.1. The lowest BCUT2D eigenvalue weighted by molar-refractivity contribution is 0.0877. The molecule has 2 aromatic carbocycles. The number of piperidine rings is 1. The topological polar surface area (TPSA) is 45.2 Å². The highest BCUT2D eigenvalue weighted by Crippen LogP contribution is 2.32. The fraction of sp³-hybridized carbons (Fsp3) is 0.304. The number of thiazole rings is 1. The molecule has 2 heterocycles. The molecule has 0 aliphatic carbocycles. The van der Waals surface area contributed by atoms with E-state index in [2.05, 4.69) is 15.2 Å². The first-order chi connectivity index (χ1) is 14.6. The highest BCUT2D eigenvalue weighted by Gasteiger charge is 2.31. The highest BCUT2D eigenvalue weighted by atomic mass is 32.1. The molecule has 156 valence electrons. The maximum atomic E-state index is 14.1. The lowest BCUT2D eigenvalue weighted by Gasteiger charge is -2.36. The third-order valence-electron chi connectivity index (χ3n) is 5.48. The van der Waals surface area contributed by atoms with Crippen LogP contribution < -0.4 is 5.32 Å². The summed E-state index contributed by atoms with van der Waals surface area (Å²) in [6.07, 6.45) is 3.59. The molecule has 3 aromatic rings. The quantitative estimate of drug-likeness (QED) is 0.614. The number of carbonyl (C=O) groups is 1. The number of halogens is 2. The predicted molar refractivity (Wildman–Crippen MR) is 113 cm³/mol. The van der Waals surface area contributed by atoms with Crippen molar-refractivity contribution < 1.29 is 13.6 Å². The maximum Gasteiger partial charge on any atom is 0.251 e. The molecule has 1 aliphatic heterocycles. The Bertz CT molecular complexity index is 981. The molecule has 30 heavy (non-hydrogen) atoms. The van der Waals surface area contributed by atoms with Crippen LogP contribution in [0.15, 0.2) is 60.1 Å². The molecule has 0 unspecified atom stereocenters. The lowest BCUT2D eigenvalue weighted by Crippen LogP contribution is -2.42. The van der Waals surface area contributed by atoms with Crippen molar-refractivity contribution in [1.82, 2.24) is 15.2 Å². The second-order valence-corrected chi connectivity index (χ2v) is 8.46. The summed E-state index contributed by atoms with van der Waals surface area (Å²) in [7, 11) is 0. The predicted octanol–water partition coefficient (Wildman–Crippen LogP) is 4.80. The number of aromatic nitrogens is 1. The zero-order valence-electron chi connectivity index (χ0n) is 16.4. The van der Waals surface area contributed by atoms with Crippen LogP contribution in [0, 0.1) is 17.6 Å². The second-order valence-electron chi connectivity index (χ2n) is 7.54. The summed E-state index contributed by atoms with van der Waals surface area (Å²) in [6, 6.07) is 13.2. The minimum Gasteiger partial charge on any atom is -0.342 e. The van der Waals surface area contributed by atoms with Gasteiger partial charge in [-0.25, -0.2) is 13.8 Å². The van der Waals surface area contributed by atoms with Crippen LogP contribution in [0.4, 0.5) is 8.78 Å². The van der Waals surface area contributed by atoms with E-state index in [-0.39, 0.29) is 17.9 Å². The highest BCUT2D eigenvalue weighted by molar-refractivity contribution is 7.09. The van der Waals surface area contributed by atoms with Crippen LogP contribution in [0.1, 0.15) is 39.8 Å². The zero-order chi connectivity index (χ0) is 20.9. The number of likely N-dealkylation sites (tertiary alicyclic amines) is 1. The molecule has 7 heteroatoms. The Hall–Kier alpha value is -2.64. The zero-order valence-corrected chi connectivity index (χ0v) is 17.2. The Morgan fingerprint density at radius 1 is 1.20 bits per heavy atom. The monoisotopic (exact) mass is 427 g/mol. The van der Waals surface area contributed by atoms with E-state index >= 15 is 0 Å². The lowest BCUT2D eigenvalue weighted by atomic mass is 9.90. The van der Waals surface area contributed by atoms with Gasteiger partial charge in [0.05, 0.1) is 6.04 Å². The Morgan fingerprint density at radius 3 is 2.80 bits per heavy atom. The summed E-state index contributed by atoms with van der Waals surface area (Å²) in [6.45, 7) is 1.83. The van der Waals surface area contributed by atoms with Crippen molar-refractivity contribution in [2.45, 2.75) is 25.4 Å². The van der Waals surface area contributed by atoms with Gasteiger partial charge in [-0.05, 0) is 43.5 Å². The van der Waals surface area contributed by atoms with Crippen LogP contribution in [0.5, 0.6) is 0 Å². The van der Waals surface area contributed by atoms with E-state index in [1.54, 1.807) is 24.4 Å². The number of nitrogens with one attached hydrogen (secondary N) is 1. The van der Waals surface area contributed by atoms with Gasteiger partial charge in [0.15, 0.2) is 11.6 Å². The molecule has 1 fully saturated rings. The minimum absolute atomic E-state index is 0.134. The van der Waals surface area contributed by atoms with Crippen molar-refractivity contribution >= 4 is 17.2 Å². The first-order valence-corrected chi connectivity index (χ1v) is 10.9. The van der Waals surface area contributed by atoms with E-state index in [0.717, 1.165) is 30.5 Å². The van der Waals surface area contributed by atoms with Gasteiger partial charge >= 0.3 is 0 Å². The molecule has 2 atom stereocenters. The Kier molecular flexibility index (Phi) is 6.50. The number of carbonyl (C=O) groups excluding carboxylic acids is 1. The molecule has 4 nitrogen and oxygen atoms in total. The van der Waals surface area contributed by atoms with Crippen molar-refractivity contribution in [3.05, 3.63) is 87.9 Å². The molecule has 1 amide bonds. The summed E-state index contributed by atoms with van der Waals surface area (Å²) in [5.41, 5.74) is 0.961. The smallest absolute Gasteiger partial charge is 0.251 e. The molecular weight excluding hydrogens is 404 g/mol. The fourth-order valence-electron chi connectivity index (χ4n) is 4.00. The summed E-state index contributed by atoms with van der Waals surface area (Å²) in [4.78, 5) is 19.4. The minimum atomic E-state index is -0.822. The van der Waals surface area contributed by atoms with E-state index in [1.165, 1.54) is 17.4 Å². The van der Waals surface area contributed by atoms with Crippen LogP contribution in [0.2, 0.25) is 0 Å². The van der Waals surface area contributed by atoms with Crippen molar-refractivity contribution in [2.75, 3.05) is 13.1 Å². The molecule has 0 bridgehead atoms. The number of amides is 1. The van der Waals surface area contributed by atoms with Gasteiger partial charge in [-0.3, -0.25) is 9.69 Å². The average Bonchev–Trinajstić information content (AvgIpc) is 3.30. The van der Waals surface area contributed by atoms with E-state index < -0.39 is 11.6 Å². The Balaban J connectivity index is 1.50. The molecular formula is C23H23F2N3OS. The number of benzene rings is 2. The molecule has 1 saturated heterocycles. The second kappa shape index (κ2) is 9.45. The Labute approximate surface area is 178 Å². The summed E-state index contributed by atoms with van der Waals surface area (Å²) < 4.78 is 27.7. The van der Waals surface area contributed by atoms with Gasteiger partial charge in [-0.1, -0.05) is 30.3 Å².